The summed E-state index contributed by atoms with van der Waals surface area (Å²) in [6, 6.07) is 13.1. The number of carboxylic acids is 1. The molecule has 0 spiro atoms. The highest BCUT2D eigenvalue weighted by molar-refractivity contribution is 7.86. The van der Waals surface area contributed by atoms with E-state index in [4.69, 9.17) is 9.47 Å². The molecule has 2 N–H and O–H groups in total. The van der Waals surface area contributed by atoms with Crippen LogP contribution in [0.25, 0.3) is 16.8 Å². The third-order valence-electron chi connectivity index (χ3n) is 7.68. The summed E-state index contributed by atoms with van der Waals surface area (Å²) in [6.07, 6.45) is 2.06. The van der Waals surface area contributed by atoms with Crippen molar-refractivity contribution in [3.63, 3.8) is 0 Å². The number of nitrogens with zero attached hydrogens (tertiary/aromatic N) is 1. The summed E-state index contributed by atoms with van der Waals surface area (Å²) in [7, 11) is -3.21. The van der Waals surface area contributed by atoms with Crippen molar-refractivity contribution in [3.8, 4) is 11.5 Å². The van der Waals surface area contributed by atoms with Crippen molar-refractivity contribution in [1.82, 2.24) is 0 Å². The Labute approximate surface area is 214 Å². The topological polar surface area (TPSA) is 113 Å². The fraction of sp³-hybridized carbons (Fsp3) is 0.286. The number of carbonyl (C=O) groups is 1. The maximum atomic E-state index is 12.2. The number of benzene rings is 3. The van der Waals surface area contributed by atoms with E-state index in [0.29, 0.717) is 24.3 Å². The van der Waals surface area contributed by atoms with E-state index < -0.39 is 21.5 Å². The Bertz CT molecular complexity index is 1700. The first kappa shape index (κ1) is 23.7. The highest BCUT2D eigenvalue weighted by Gasteiger charge is 2.56. The van der Waals surface area contributed by atoms with Gasteiger partial charge in [0.15, 0.2) is 12.3 Å². The van der Waals surface area contributed by atoms with Crippen LogP contribution in [0, 0.1) is 6.92 Å². The Morgan fingerprint density at radius 1 is 1.22 bits per heavy atom. The van der Waals surface area contributed by atoms with Crippen molar-refractivity contribution >= 4 is 44.3 Å². The van der Waals surface area contributed by atoms with E-state index in [-0.39, 0.29) is 23.2 Å². The van der Waals surface area contributed by atoms with E-state index >= 15 is 0 Å². The third kappa shape index (κ3) is 3.48. The molecule has 0 aromatic heterocycles. The predicted molar refractivity (Wildman–Crippen MR) is 138 cm³/mol. The predicted octanol–water partition coefficient (Wildman–Crippen LogP) is 4.48. The number of ether oxygens (including phenoxy) is 2. The number of rotatable bonds is 4. The van der Waals surface area contributed by atoms with Gasteiger partial charge in [0.1, 0.15) is 22.5 Å². The Morgan fingerprint density at radius 2 is 2.00 bits per heavy atom. The molecule has 3 aromatic rings. The van der Waals surface area contributed by atoms with Crippen molar-refractivity contribution in [1.29, 1.82) is 0 Å². The first-order valence-electron chi connectivity index (χ1n) is 12.0. The molecule has 2 atom stereocenters. The zero-order chi connectivity index (χ0) is 26.3. The smallest absolute Gasteiger partial charge is 0.304 e. The maximum absolute atomic E-state index is 12.2. The van der Waals surface area contributed by atoms with Gasteiger partial charge in [0.25, 0.3) is 10.1 Å². The molecule has 3 aliphatic heterocycles. The maximum Gasteiger partial charge on any atom is 0.304 e. The zero-order valence-corrected chi connectivity index (χ0v) is 21.4. The minimum absolute atomic E-state index is 0.00561. The van der Waals surface area contributed by atoms with E-state index in [9.17, 15) is 22.9 Å². The fourth-order valence-corrected chi connectivity index (χ4v) is 6.92. The second kappa shape index (κ2) is 7.90. The van der Waals surface area contributed by atoms with E-state index in [1.165, 1.54) is 19.2 Å². The van der Waals surface area contributed by atoms with Gasteiger partial charge in [0.2, 0.25) is 5.69 Å². The van der Waals surface area contributed by atoms with Gasteiger partial charge in [0, 0.05) is 29.7 Å². The van der Waals surface area contributed by atoms with E-state index in [1.807, 2.05) is 26.0 Å². The van der Waals surface area contributed by atoms with E-state index in [2.05, 4.69) is 28.8 Å². The number of fused-ring (bicyclic) bond motifs is 7. The van der Waals surface area contributed by atoms with Crippen LogP contribution in [-0.4, -0.2) is 54.1 Å². The molecule has 3 aliphatic rings. The number of hydrogen-bond donors (Lipinski definition) is 2. The summed E-state index contributed by atoms with van der Waals surface area (Å²) in [5, 5.41) is 12.1. The largest absolute Gasteiger partial charge is 0.495 e. The molecule has 0 radical (unpaired) electrons. The minimum Gasteiger partial charge on any atom is -0.495 e. The standard InChI is InChI=1S/C28H25NO7S/c1-15-4-6-18-16(10-15)5-7-20-26(18)28(2,14-25(30)31)27-19-11-17-12-24(37(32,33)34)23(35-3)13-22(17)36-21(19)8-9-29(20)27/h4-7,10-13,21H,8-9,14H2,1-3H3,(H-,30,31,32,33,34)/p+1. The van der Waals surface area contributed by atoms with Crippen LogP contribution in [0.1, 0.15) is 36.5 Å². The summed E-state index contributed by atoms with van der Waals surface area (Å²) >= 11 is 0. The Balaban J connectivity index is 1.61. The second-order valence-corrected chi connectivity index (χ2v) is 11.5. The molecule has 6 rings (SSSR count). The lowest BCUT2D eigenvalue weighted by Crippen LogP contribution is -2.45. The number of aryl methyl sites for hydroxylation is 1. The molecule has 3 heterocycles. The van der Waals surface area contributed by atoms with Gasteiger partial charge in [-0.05, 0) is 42.8 Å². The van der Waals surface area contributed by atoms with Crippen LogP contribution in [0.15, 0.2) is 52.9 Å². The van der Waals surface area contributed by atoms with Gasteiger partial charge in [-0.15, -0.1) is 0 Å². The molecule has 2 unspecified atom stereocenters. The average molecular weight is 521 g/mol. The zero-order valence-electron chi connectivity index (χ0n) is 20.6. The molecule has 37 heavy (non-hydrogen) atoms. The molecule has 190 valence electrons. The molecule has 8 nitrogen and oxygen atoms in total. The molecule has 9 heteroatoms. The number of methoxy groups -OCH3 is 1. The third-order valence-corrected chi connectivity index (χ3v) is 8.56. The highest BCUT2D eigenvalue weighted by Crippen LogP contribution is 2.51. The molecule has 0 bridgehead atoms. The molecular weight excluding hydrogens is 494 g/mol. The Hall–Kier alpha value is -3.69. The monoisotopic (exact) mass is 520 g/mol. The molecular formula is C28H26NO7S+. The molecule has 0 amide bonds. The molecule has 3 aromatic carbocycles. The lowest BCUT2D eigenvalue weighted by Gasteiger charge is -2.33. The van der Waals surface area contributed by atoms with Crippen LogP contribution >= 0.6 is 0 Å². The van der Waals surface area contributed by atoms with Crippen molar-refractivity contribution < 1.29 is 36.9 Å². The van der Waals surface area contributed by atoms with Crippen LogP contribution < -0.4 is 9.47 Å². The van der Waals surface area contributed by atoms with Gasteiger partial charge >= 0.3 is 5.97 Å². The Morgan fingerprint density at radius 3 is 2.70 bits per heavy atom. The summed E-state index contributed by atoms with van der Waals surface area (Å²) in [5.41, 5.74) is 4.37. The molecule has 0 fully saturated rings. The Kier molecular flexibility index (Phi) is 5.06. The van der Waals surface area contributed by atoms with Crippen molar-refractivity contribution in [2.75, 3.05) is 13.7 Å². The van der Waals surface area contributed by atoms with Crippen LogP contribution in [0.5, 0.6) is 11.5 Å². The molecule has 0 saturated heterocycles. The number of carboxylic acid groups (broad SMARTS) is 1. The van der Waals surface area contributed by atoms with Crippen LogP contribution in [-0.2, 0) is 20.3 Å². The normalized spacial score (nSPS) is 21.9. The van der Waals surface area contributed by atoms with Gasteiger partial charge in [0.05, 0.1) is 24.5 Å². The van der Waals surface area contributed by atoms with Gasteiger partial charge in [-0.25, -0.2) is 0 Å². The van der Waals surface area contributed by atoms with Gasteiger partial charge < -0.3 is 14.6 Å². The number of hydrogen-bond acceptors (Lipinski definition) is 5. The van der Waals surface area contributed by atoms with Gasteiger partial charge in [-0.3, -0.25) is 9.35 Å². The van der Waals surface area contributed by atoms with Crippen LogP contribution in [0.2, 0.25) is 0 Å². The summed E-state index contributed by atoms with van der Waals surface area (Å²) in [4.78, 5) is 11.9. The SMILES string of the molecule is COc1cc2c(cc1S(=O)(=O)O)C=C1C3=[N+](CCC1O2)c1ccc2cc(C)ccc2c1C3(C)CC(=O)O. The van der Waals surface area contributed by atoms with Crippen molar-refractivity contribution in [2.45, 2.75) is 43.1 Å². The van der Waals surface area contributed by atoms with Crippen LogP contribution in [0.3, 0.4) is 0 Å². The van der Waals surface area contributed by atoms with E-state index in [0.717, 1.165) is 38.9 Å². The summed E-state index contributed by atoms with van der Waals surface area (Å²) < 4.78 is 47.5. The van der Waals surface area contributed by atoms with Gasteiger partial charge in [-0.2, -0.15) is 13.0 Å². The fourth-order valence-electron chi connectivity index (χ4n) is 6.25. The minimum atomic E-state index is -4.54. The second-order valence-electron chi connectivity index (χ2n) is 10.1. The van der Waals surface area contributed by atoms with Gasteiger partial charge in [-0.1, -0.05) is 23.8 Å². The lowest BCUT2D eigenvalue weighted by molar-refractivity contribution is -0.444. The quantitative estimate of drug-likeness (QED) is 0.385. The molecule has 0 aliphatic carbocycles. The first-order valence-corrected chi connectivity index (χ1v) is 13.4. The van der Waals surface area contributed by atoms with E-state index in [1.54, 1.807) is 0 Å². The number of aliphatic carboxylic acids is 1. The molecule has 0 saturated carbocycles. The van der Waals surface area contributed by atoms with Crippen molar-refractivity contribution in [2.24, 2.45) is 0 Å². The summed E-state index contributed by atoms with van der Waals surface area (Å²) in [5.74, 6) is -0.470. The first-order chi connectivity index (χ1) is 17.5. The van der Waals surface area contributed by atoms with Crippen molar-refractivity contribution in [3.05, 3.63) is 64.7 Å². The average Bonchev–Trinajstić information content (AvgIpc) is 3.09. The van der Waals surface area contributed by atoms with Crippen LogP contribution in [0.4, 0.5) is 5.69 Å². The highest BCUT2D eigenvalue weighted by atomic mass is 32.2. The summed E-state index contributed by atoms with van der Waals surface area (Å²) in [6.45, 7) is 4.64. The lowest BCUT2D eigenvalue weighted by atomic mass is 9.71.